The summed E-state index contributed by atoms with van der Waals surface area (Å²) >= 11 is 0. The quantitative estimate of drug-likeness (QED) is 0.0876. The minimum absolute atomic E-state index is 0.0201. The smallest absolute Gasteiger partial charge is 0.349 e. The number of carbonyl (C=O) groups excluding carboxylic acids is 2. The molecule has 1 unspecified atom stereocenters. The molecule has 0 radical (unpaired) electrons. The largest absolute Gasteiger partial charge is 0.497 e. The summed E-state index contributed by atoms with van der Waals surface area (Å²) in [6.07, 6.45) is 8.27. The number of rotatable bonds is 16. The molecule has 47 heavy (non-hydrogen) atoms. The zero-order valence-electron chi connectivity index (χ0n) is 28.7. The average molecular weight is 640 g/mol. The van der Waals surface area contributed by atoms with Gasteiger partial charge in [-0.25, -0.2) is 9.59 Å². The van der Waals surface area contributed by atoms with Gasteiger partial charge in [-0.1, -0.05) is 102 Å². The lowest BCUT2D eigenvalue weighted by Crippen LogP contribution is -2.16. The van der Waals surface area contributed by atoms with Crippen molar-refractivity contribution in [2.75, 3.05) is 27.4 Å². The molecule has 0 N–H and O–H groups in total. The highest BCUT2D eigenvalue weighted by molar-refractivity contribution is 6.05. The molecule has 3 aromatic rings. The summed E-state index contributed by atoms with van der Waals surface area (Å²) < 4.78 is 20.9. The highest BCUT2D eigenvalue weighted by atomic mass is 16.5. The van der Waals surface area contributed by atoms with Crippen molar-refractivity contribution in [1.29, 1.82) is 5.26 Å². The van der Waals surface area contributed by atoms with Gasteiger partial charge in [-0.15, -0.1) is 0 Å². The summed E-state index contributed by atoms with van der Waals surface area (Å²) in [7, 11) is 3.22. The van der Waals surface area contributed by atoms with Crippen LogP contribution in [0.4, 0.5) is 0 Å². The Bertz CT molecular complexity index is 1450. The SMILES string of the molecule is CCCCC(CC)COC(=O)C(C#N)=C(c1ccccc1)c1ccc(OC)cc1.COc1ccc(/C=C/C(=O)OCCC(C)C)cc1. The maximum absolute atomic E-state index is 12.9. The lowest BCUT2D eigenvalue weighted by atomic mass is 9.93. The second-order valence-corrected chi connectivity index (χ2v) is 11.4. The minimum Gasteiger partial charge on any atom is -0.497 e. The summed E-state index contributed by atoms with van der Waals surface area (Å²) in [6.45, 7) is 9.26. The van der Waals surface area contributed by atoms with Gasteiger partial charge in [0.1, 0.15) is 23.1 Å². The van der Waals surface area contributed by atoms with Gasteiger partial charge in [-0.05, 0) is 71.7 Å². The van der Waals surface area contributed by atoms with Crippen molar-refractivity contribution in [3.05, 3.63) is 107 Å². The number of nitriles is 1. The molecule has 0 spiro atoms. The fraction of sp³-hybridized carbons (Fsp3) is 0.375. The van der Waals surface area contributed by atoms with E-state index in [1.54, 1.807) is 20.3 Å². The lowest BCUT2D eigenvalue weighted by molar-refractivity contribution is -0.140. The number of carbonyl (C=O) groups is 2. The van der Waals surface area contributed by atoms with E-state index in [4.69, 9.17) is 18.9 Å². The minimum atomic E-state index is -0.572. The van der Waals surface area contributed by atoms with Crippen molar-refractivity contribution < 1.29 is 28.5 Å². The Morgan fingerprint density at radius 3 is 1.94 bits per heavy atom. The number of hydrogen-bond donors (Lipinski definition) is 0. The third-order valence-electron chi connectivity index (χ3n) is 7.47. The molecule has 0 amide bonds. The molecule has 3 rings (SSSR count). The highest BCUT2D eigenvalue weighted by Gasteiger charge is 2.21. The lowest BCUT2D eigenvalue weighted by Gasteiger charge is -2.16. The first-order chi connectivity index (χ1) is 22.8. The van der Waals surface area contributed by atoms with Gasteiger partial charge in [0, 0.05) is 11.6 Å². The maximum atomic E-state index is 12.9. The summed E-state index contributed by atoms with van der Waals surface area (Å²) in [5.74, 6) is 1.50. The molecule has 0 aliphatic carbocycles. The summed E-state index contributed by atoms with van der Waals surface area (Å²) in [6, 6.07) is 26.3. The number of benzene rings is 3. The van der Waals surface area contributed by atoms with Crippen LogP contribution in [0.1, 0.15) is 76.5 Å². The number of unbranched alkanes of at least 4 members (excludes halogenated alkanes) is 1. The Morgan fingerprint density at radius 2 is 1.40 bits per heavy atom. The molecule has 0 aliphatic heterocycles. The molecule has 0 saturated carbocycles. The molecule has 1 atom stereocenters. The number of hydrogen-bond acceptors (Lipinski definition) is 7. The van der Waals surface area contributed by atoms with E-state index in [1.165, 1.54) is 6.08 Å². The predicted molar refractivity (Wildman–Crippen MR) is 188 cm³/mol. The topological polar surface area (TPSA) is 94.9 Å². The van der Waals surface area contributed by atoms with Crippen molar-refractivity contribution in [3.8, 4) is 17.6 Å². The molecule has 7 heteroatoms. The average Bonchev–Trinajstić information content (AvgIpc) is 3.10. The first-order valence-corrected chi connectivity index (χ1v) is 16.3. The van der Waals surface area contributed by atoms with E-state index >= 15 is 0 Å². The Hall–Kier alpha value is -4.83. The molecule has 250 valence electrons. The predicted octanol–water partition coefficient (Wildman–Crippen LogP) is 9.08. The van der Waals surface area contributed by atoms with E-state index in [0.29, 0.717) is 36.4 Å². The van der Waals surface area contributed by atoms with Crippen LogP contribution in [0.2, 0.25) is 0 Å². The van der Waals surface area contributed by atoms with Crippen LogP contribution in [0.15, 0.2) is 90.5 Å². The van der Waals surface area contributed by atoms with Gasteiger partial charge in [-0.2, -0.15) is 5.26 Å². The first kappa shape index (κ1) is 38.4. The third-order valence-corrected chi connectivity index (χ3v) is 7.47. The van der Waals surface area contributed by atoms with E-state index in [9.17, 15) is 14.9 Å². The Kier molecular flexibility index (Phi) is 17.8. The van der Waals surface area contributed by atoms with Crippen molar-refractivity contribution in [2.45, 2.75) is 59.8 Å². The van der Waals surface area contributed by atoms with Crippen molar-refractivity contribution in [2.24, 2.45) is 11.8 Å². The van der Waals surface area contributed by atoms with Crippen LogP contribution in [-0.4, -0.2) is 39.4 Å². The van der Waals surface area contributed by atoms with Gasteiger partial charge in [0.25, 0.3) is 0 Å². The maximum Gasteiger partial charge on any atom is 0.349 e. The summed E-state index contributed by atoms with van der Waals surface area (Å²) in [5.41, 5.74) is 3.10. The Morgan fingerprint density at radius 1 is 0.809 bits per heavy atom. The van der Waals surface area contributed by atoms with E-state index in [1.807, 2.05) is 78.9 Å². The molecule has 0 saturated heterocycles. The third kappa shape index (κ3) is 14.0. The van der Waals surface area contributed by atoms with Gasteiger partial charge in [0.15, 0.2) is 0 Å². The van der Waals surface area contributed by atoms with Crippen LogP contribution in [-0.2, 0) is 19.1 Å². The highest BCUT2D eigenvalue weighted by Crippen LogP contribution is 2.29. The van der Waals surface area contributed by atoms with Crippen LogP contribution in [0.3, 0.4) is 0 Å². The second kappa shape index (κ2) is 21.8. The van der Waals surface area contributed by atoms with Gasteiger partial charge in [0.05, 0.1) is 27.4 Å². The molecule has 7 nitrogen and oxygen atoms in total. The number of methoxy groups -OCH3 is 2. The van der Waals surface area contributed by atoms with Gasteiger partial charge in [0.2, 0.25) is 0 Å². The van der Waals surface area contributed by atoms with E-state index in [2.05, 4.69) is 33.8 Å². The normalized spacial score (nSPS) is 11.9. The van der Waals surface area contributed by atoms with Crippen molar-refractivity contribution in [3.63, 3.8) is 0 Å². The standard InChI is InChI=1S/C25H29NO3.C15H20O3/c1-4-6-10-19(5-2)18-29-25(27)23(17-26)24(20-11-8-7-9-12-20)21-13-15-22(28-3)16-14-21;1-12(2)10-11-18-15(16)9-6-13-4-7-14(17-3)8-5-13/h7-9,11-16,19H,4-6,10,18H2,1-3H3;4-9,12H,10-11H2,1-3H3/b;9-6+. The van der Waals surface area contributed by atoms with E-state index < -0.39 is 5.97 Å². The molecular weight excluding hydrogens is 590 g/mol. The molecule has 0 aromatic heterocycles. The zero-order chi connectivity index (χ0) is 34.4. The van der Waals surface area contributed by atoms with Gasteiger partial charge in [-0.3, -0.25) is 0 Å². The molecular formula is C40H49NO6. The number of esters is 2. The van der Waals surface area contributed by atoms with E-state index in [0.717, 1.165) is 54.5 Å². The van der Waals surface area contributed by atoms with Crippen LogP contribution in [0, 0.1) is 23.2 Å². The number of ether oxygens (including phenoxy) is 4. The molecule has 0 bridgehead atoms. The van der Waals surface area contributed by atoms with Crippen LogP contribution in [0.25, 0.3) is 11.6 Å². The van der Waals surface area contributed by atoms with E-state index in [-0.39, 0.29) is 11.5 Å². The molecule has 0 aliphatic rings. The monoisotopic (exact) mass is 639 g/mol. The van der Waals surface area contributed by atoms with Crippen LogP contribution in [0.5, 0.6) is 11.5 Å². The van der Waals surface area contributed by atoms with Crippen LogP contribution < -0.4 is 9.47 Å². The molecule has 0 heterocycles. The fourth-order valence-electron chi connectivity index (χ4n) is 4.51. The van der Waals surface area contributed by atoms with Gasteiger partial charge < -0.3 is 18.9 Å². The first-order valence-electron chi connectivity index (χ1n) is 16.3. The molecule has 0 fully saturated rings. The molecule has 3 aromatic carbocycles. The van der Waals surface area contributed by atoms with Crippen LogP contribution >= 0.6 is 0 Å². The zero-order valence-corrected chi connectivity index (χ0v) is 28.7. The summed E-state index contributed by atoms with van der Waals surface area (Å²) in [4.78, 5) is 24.2. The second-order valence-electron chi connectivity index (χ2n) is 11.4. The summed E-state index contributed by atoms with van der Waals surface area (Å²) in [5, 5.41) is 9.82. The Labute approximate surface area is 280 Å². The fourth-order valence-corrected chi connectivity index (χ4v) is 4.51. The number of nitrogens with zero attached hydrogens (tertiary/aromatic N) is 1. The van der Waals surface area contributed by atoms with Gasteiger partial charge >= 0.3 is 11.9 Å². The Balaban J connectivity index is 0.000000366. The van der Waals surface area contributed by atoms with Crippen molar-refractivity contribution in [1.82, 2.24) is 0 Å². The van der Waals surface area contributed by atoms with Crippen molar-refractivity contribution >= 4 is 23.6 Å².